The summed E-state index contributed by atoms with van der Waals surface area (Å²) >= 11 is 5.73. The van der Waals surface area contributed by atoms with Crippen LogP contribution in [-0.2, 0) is 6.54 Å². The molecule has 0 bridgehead atoms. The lowest BCUT2D eigenvalue weighted by molar-refractivity contribution is 0.382. The number of halogens is 1. The van der Waals surface area contributed by atoms with Crippen LogP contribution in [0.15, 0.2) is 18.2 Å². The molecule has 0 amide bonds. The van der Waals surface area contributed by atoms with Crippen molar-refractivity contribution in [3.8, 4) is 0 Å². The Morgan fingerprint density at radius 1 is 1.47 bits per heavy atom. The van der Waals surface area contributed by atoms with Crippen molar-refractivity contribution in [2.45, 2.75) is 13.5 Å². The van der Waals surface area contributed by atoms with E-state index in [1.165, 1.54) is 5.56 Å². The van der Waals surface area contributed by atoms with E-state index in [0.717, 1.165) is 23.4 Å². The van der Waals surface area contributed by atoms with Gasteiger partial charge in [0.25, 0.3) is 0 Å². The van der Waals surface area contributed by atoms with E-state index in [2.05, 4.69) is 22.1 Å². The van der Waals surface area contributed by atoms with Gasteiger partial charge in [0.2, 0.25) is 0 Å². The predicted octanol–water partition coefficient (Wildman–Crippen LogP) is 2.50. The fourth-order valence-electron chi connectivity index (χ4n) is 1.64. The number of nitrogens with zero attached hydrogens (tertiary/aromatic N) is 2. The second kappa shape index (κ2) is 4.21. The molecule has 0 atom stereocenters. The first kappa shape index (κ1) is 10.5. The molecule has 1 aromatic heterocycles. The Bertz CT molecular complexity index is 464. The summed E-state index contributed by atoms with van der Waals surface area (Å²) in [6.45, 7) is 2.82. The van der Waals surface area contributed by atoms with Crippen LogP contribution in [0.4, 0.5) is 0 Å². The van der Waals surface area contributed by atoms with Gasteiger partial charge in [-0.1, -0.05) is 6.07 Å². The molecule has 0 spiro atoms. The zero-order chi connectivity index (χ0) is 10.8. The van der Waals surface area contributed by atoms with Crippen LogP contribution in [0.5, 0.6) is 0 Å². The van der Waals surface area contributed by atoms with Gasteiger partial charge in [-0.3, -0.25) is 4.90 Å². The molecule has 0 aliphatic rings. The van der Waals surface area contributed by atoms with E-state index in [4.69, 9.17) is 11.6 Å². The Morgan fingerprint density at radius 3 is 3.00 bits per heavy atom. The minimum atomic E-state index is 0.542. The average molecular weight is 224 g/mol. The molecule has 1 aromatic carbocycles. The van der Waals surface area contributed by atoms with Gasteiger partial charge in [-0.05, 0) is 31.7 Å². The third-order valence-corrected chi connectivity index (χ3v) is 2.73. The minimum Gasteiger partial charge on any atom is -0.342 e. The number of aromatic nitrogens is 2. The number of H-pyrrole nitrogens is 1. The maximum atomic E-state index is 5.73. The molecular weight excluding hydrogens is 210 g/mol. The van der Waals surface area contributed by atoms with Gasteiger partial charge in [-0.15, -0.1) is 11.6 Å². The molecule has 80 valence electrons. The smallest absolute Gasteiger partial charge is 0.104 e. The highest BCUT2D eigenvalue weighted by Crippen LogP contribution is 2.14. The fourth-order valence-corrected chi connectivity index (χ4v) is 1.72. The molecule has 0 unspecified atom stereocenters. The molecule has 15 heavy (non-hydrogen) atoms. The molecule has 0 aliphatic heterocycles. The zero-order valence-corrected chi connectivity index (χ0v) is 9.67. The SMILES string of the molecule is Cc1nc2ccc(CN(C)CCl)cc2[nH]1. The summed E-state index contributed by atoms with van der Waals surface area (Å²) in [6.07, 6.45) is 0. The first-order chi connectivity index (χ1) is 7.19. The number of imidazole rings is 1. The van der Waals surface area contributed by atoms with Gasteiger partial charge in [0.1, 0.15) is 5.82 Å². The van der Waals surface area contributed by atoms with E-state index in [9.17, 15) is 0 Å². The summed E-state index contributed by atoms with van der Waals surface area (Å²) in [5, 5.41) is 0. The maximum absolute atomic E-state index is 5.73. The first-order valence-electron chi connectivity index (χ1n) is 4.89. The van der Waals surface area contributed by atoms with E-state index < -0.39 is 0 Å². The Morgan fingerprint density at radius 2 is 2.27 bits per heavy atom. The number of aromatic amines is 1. The normalized spacial score (nSPS) is 11.5. The zero-order valence-electron chi connectivity index (χ0n) is 8.92. The van der Waals surface area contributed by atoms with Crippen molar-refractivity contribution in [1.29, 1.82) is 0 Å². The van der Waals surface area contributed by atoms with Crippen LogP contribution in [0, 0.1) is 6.92 Å². The summed E-state index contributed by atoms with van der Waals surface area (Å²) in [6, 6.07) is 6.79. The maximum Gasteiger partial charge on any atom is 0.104 e. The van der Waals surface area contributed by atoms with Crippen LogP contribution in [0.1, 0.15) is 11.4 Å². The van der Waals surface area contributed by atoms with Crippen LogP contribution in [-0.4, -0.2) is 27.9 Å². The summed E-state index contributed by atoms with van der Waals surface area (Å²) in [5.74, 6) is 0.952. The summed E-state index contributed by atoms with van der Waals surface area (Å²) in [4.78, 5) is 9.63. The van der Waals surface area contributed by atoms with Crippen LogP contribution >= 0.6 is 11.6 Å². The van der Waals surface area contributed by atoms with Crippen molar-refractivity contribution in [3.63, 3.8) is 0 Å². The van der Waals surface area contributed by atoms with E-state index in [1.807, 2.05) is 24.9 Å². The highest BCUT2D eigenvalue weighted by molar-refractivity contribution is 6.17. The lowest BCUT2D eigenvalue weighted by atomic mass is 10.2. The van der Waals surface area contributed by atoms with Gasteiger partial charge in [0, 0.05) is 6.54 Å². The number of nitrogens with one attached hydrogen (secondary N) is 1. The summed E-state index contributed by atoms with van der Waals surface area (Å²) < 4.78 is 0. The number of hydrogen-bond acceptors (Lipinski definition) is 2. The largest absolute Gasteiger partial charge is 0.342 e. The molecule has 3 nitrogen and oxygen atoms in total. The van der Waals surface area contributed by atoms with E-state index in [0.29, 0.717) is 6.00 Å². The highest BCUT2D eigenvalue weighted by atomic mass is 35.5. The molecule has 0 fully saturated rings. The molecule has 2 rings (SSSR count). The molecule has 0 radical (unpaired) electrons. The molecule has 0 saturated carbocycles. The number of benzene rings is 1. The number of alkyl halides is 1. The van der Waals surface area contributed by atoms with Crippen molar-refractivity contribution in [2.24, 2.45) is 0 Å². The molecule has 2 aromatic rings. The molecule has 0 aliphatic carbocycles. The topological polar surface area (TPSA) is 31.9 Å². The number of hydrogen-bond donors (Lipinski definition) is 1. The molecular formula is C11H14ClN3. The average Bonchev–Trinajstić information content (AvgIpc) is 2.57. The van der Waals surface area contributed by atoms with Crippen LogP contribution in [0.25, 0.3) is 11.0 Å². The van der Waals surface area contributed by atoms with Crippen molar-refractivity contribution >= 4 is 22.6 Å². The van der Waals surface area contributed by atoms with Gasteiger partial charge in [-0.2, -0.15) is 0 Å². The number of fused-ring (bicyclic) bond motifs is 1. The van der Waals surface area contributed by atoms with Crippen LogP contribution in [0.3, 0.4) is 0 Å². The van der Waals surface area contributed by atoms with Crippen molar-refractivity contribution < 1.29 is 0 Å². The number of rotatable bonds is 3. The summed E-state index contributed by atoms with van der Waals surface area (Å²) in [5.41, 5.74) is 3.35. The van der Waals surface area contributed by atoms with E-state index in [1.54, 1.807) is 0 Å². The lowest BCUT2D eigenvalue weighted by Gasteiger charge is -2.12. The third kappa shape index (κ3) is 2.30. The van der Waals surface area contributed by atoms with Gasteiger partial charge in [-0.25, -0.2) is 4.98 Å². The second-order valence-corrected chi connectivity index (χ2v) is 4.05. The van der Waals surface area contributed by atoms with Gasteiger partial charge in [0.15, 0.2) is 0 Å². The Balaban J connectivity index is 2.30. The predicted molar refractivity (Wildman–Crippen MR) is 63.0 cm³/mol. The quantitative estimate of drug-likeness (QED) is 0.641. The van der Waals surface area contributed by atoms with Gasteiger partial charge < -0.3 is 4.98 Å². The fraction of sp³-hybridized carbons (Fsp3) is 0.364. The Labute approximate surface area is 94.1 Å². The highest BCUT2D eigenvalue weighted by Gasteiger charge is 2.02. The minimum absolute atomic E-state index is 0.542. The van der Waals surface area contributed by atoms with Gasteiger partial charge >= 0.3 is 0 Å². The number of aryl methyl sites for hydroxylation is 1. The summed E-state index contributed by atoms with van der Waals surface area (Å²) in [7, 11) is 2.00. The van der Waals surface area contributed by atoms with Crippen molar-refractivity contribution in [1.82, 2.24) is 14.9 Å². The molecule has 1 N–H and O–H groups in total. The Hall–Kier alpha value is -1.06. The molecule has 1 heterocycles. The molecule has 0 saturated heterocycles. The van der Waals surface area contributed by atoms with Gasteiger partial charge in [0.05, 0.1) is 17.0 Å². The van der Waals surface area contributed by atoms with Crippen molar-refractivity contribution in [2.75, 3.05) is 13.1 Å². The molecule has 4 heteroatoms. The van der Waals surface area contributed by atoms with Crippen molar-refractivity contribution in [3.05, 3.63) is 29.6 Å². The first-order valence-corrected chi connectivity index (χ1v) is 5.42. The van der Waals surface area contributed by atoms with E-state index >= 15 is 0 Å². The lowest BCUT2D eigenvalue weighted by Crippen LogP contribution is -2.15. The standard InChI is InChI=1S/C11H14ClN3/c1-8-13-10-4-3-9(5-11(10)14-8)6-15(2)7-12/h3-5H,6-7H2,1-2H3,(H,13,14). The van der Waals surface area contributed by atoms with E-state index in [-0.39, 0.29) is 0 Å². The Kier molecular flexibility index (Phi) is 2.93. The van der Waals surface area contributed by atoms with Crippen LogP contribution in [0.2, 0.25) is 0 Å². The second-order valence-electron chi connectivity index (χ2n) is 3.81. The monoisotopic (exact) mass is 223 g/mol. The van der Waals surface area contributed by atoms with Crippen LogP contribution < -0.4 is 0 Å². The third-order valence-electron chi connectivity index (χ3n) is 2.32.